The first-order chi connectivity index (χ1) is 10.9. The van der Waals surface area contributed by atoms with E-state index in [1.807, 2.05) is 36.7 Å². The highest BCUT2D eigenvalue weighted by Gasteiger charge is 2.19. The van der Waals surface area contributed by atoms with Crippen LogP contribution in [-0.2, 0) is 0 Å². The Labute approximate surface area is 131 Å². The Hall–Kier alpha value is -2.36. The van der Waals surface area contributed by atoms with E-state index >= 15 is 0 Å². The van der Waals surface area contributed by atoms with Gasteiger partial charge in [-0.1, -0.05) is 0 Å². The lowest BCUT2D eigenvalue weighted by Crippen LogP contribution is -2.20. The zero-order valence-electron chi connectivity index (χ0n) is 12.5. The van der Waals surface area contributed by atoms with Gasteiger partial charge in [-0.25, -0.2) is 0 Å². The van der Waals surface area contributed by atoms with Crippen molar-refractivity contribution in [2.45, 2.75) is 37.8 Å². The molecular weight excluding hydrogens is 272 g/mol. The summed E-state index contributed by atoms with van der Waals surface area (Å²) in [5.74, 6) is 0. The number of pyridine rings is 2. The maximum absolute atomic E-state index is 4.69. The molecule has 0 amide bonds. The molecule has 0 aliphatic heterocycles. The molecule has 4 nitrogen and oxygen atoms in total. The summed E-state index contributed by atoms with van der Waals surface area (Å²) >= 11 is 0. The Morgan fingerprint density at radius 3 is 1.41 bits per heavy atom. The van der Waals surface area contributed by atoms with Gasteiger partial charge in [0, 0.05) is 37.2 Å². The van der Waals surface area contributed by atoms with E-state index in [-0.39, 0.29) is 0 Å². The van der Waals surface area contributed by atoms with Gasteiger partial charge in [-0.15, -0.1) is 0 Å². The van der Waals surface area contributed by atoms with Gasteiger partial charge < -0.3 is 0 Å². The van der Waals surface area contributed by atoms with E-state index in [2.05, 4.69) is 9.97 Å². The quantitative estimate of drug-likeness (QED) is 0.812. The number of hydrogen-bond donors (Lipinski definition) is 0. The second-order valence-corrected chi connectivity index (χ2v) is 5.58. The third kappa shape index (κ3) is 4.32. The number of hydrogen-bond acceptors (Lipinski definition) is 4. The molecule has 1 aliphatic rings. The van der Waals surface area contributed by atoms with Crippen molar-refractivity contribution >= 4 is 12.4 Å². The molecule has 0 unspecified atom stereocenters. The lowest BCUT2D eigenvalue weighted by Gasteiger charge is -2.23. The van der Waals surface area contributed by atoms with Crippen LogP contribution >= 0.6 is 0 Å². The van der Waals surface area contributed by atoms with Crippen LogP contribution in [-0.4, -0.2) is 34.5 Å². The maximum atomic E-state index is 4.69. The average molecular weight is 292 g/mol. The monoisotopic (exact) mass is 292 g/mol. The summed E-state index contributed by atoms with van der Waals surface area (Å²) < 4.78 is 0. The highest BCUT2D eigenvalue weighted by Crippen LogP contribution is 2.23. The van der Waals surface area contributed by atoms with Crippen LogP contribution in [0.15, 0.2) is 59.0 Å². The largest absolute Gasteiger partial charge is 0.289 e. The summed E-state index contributed by atoms with van der Waals surface area (Å²) in [6.45, 7) is 0. The van der Waals surface area contributed by atoms with Crippen molar-refractivity contribution in [2.24, 2.45) is 9.98 Å². The molecule has 1 fully saturated rings. The van der Waals surface area contributed by atoms with Crippen LogP contribution < -0.4 is 0 Å². The van der Waals surface area contributed by atoms with E-state index in [0.717, 1.165) is 36.8 Å². The smallest absolute Gasteiger partial charge is 0.0501 e. The molecule has 1 aliphatic carbocycles. The minimum absolute atomic E-state index is 0.431. The molecule has 0 N–H and O–H groups in total. The molecule has 4 heteroatoms. The second kappa shape index (κ2) is 7.59. The van der Waals surface area contributed by atoms with E-state index in [1.54, 1.807) is 24.8 Å². The Balaban J connectivity index is 1.48. The van der Waals surface area contributed by atoms with Crippen LogP contribution in [0.2, 0.25) is 0 Å². The van der Waals surface area contributed by atoms with Gasteiger partial charge in [0.2, 0.25) is 0 Å². The van der Waals surface area contributed by atoms with Crippen LogP contribution in [0, 0.1) is 0 Å². The van der Waals surface area contributed by atoms with Gasteiger partial charge in [0.25, 0.3) is 0 Å². The third-order valence-electron chi connectivity index (χ3n) is 3.95. The molecule has 0 bridgehead atoms. The normalized spacial score (nSPS) is 22.4. The summed E-state index contributed by atoms with van der Waals surface area (Å²) in [7, 11) is 0. The standard InChI is InChI=1S/C18H20N4/c1-2-18(22-14-16-7-11-20-12-8-16)4-3-17(1)21-13-15-5-9-19-10-6-15/h5-14,17-18H,1-4H2. The van der Waals surface area contributed by atoms with Gasteiger partial charge in [-0.2, -0.15) is 0 Å². The SMILES string of the molecule is C(=NC1CCC(N=Cc2ccncc2)CC1)c1ccncc1. The first kappa shape index (κ1) is 14.6. The van der Waals surface area contributed by atoms with Crippen LogP contribution in [0.1, 0.15) is 36.8 Å². The average Bonchev–Trinajstić information content (AvgIpc) is 2.61. The predicted molar refractivity (Wildman–Crippen MR) is 89.7 cm³/mol. The Morgan fingerprint density at radius 2 is 1.05 bits per heavy atom. The van der Waals surface area contributed by atoms with Crippen molar-refractivity contribution in [1.29, 1.82) is 0 Å². The van der Waals surface area contributed by atoms with E-state index in [4.69, 9.17) is 9.98 Å². The van der Waals surface area contributed by atoms with Crippen LogP contribution in [0.4, 0.5) is 0 Å². The highest BCUT2D eigenvalue weighted by atomic mass is 14.8. The third-order valence-corrected chi connectivity index (χ3v) is 3.95. The Kier molecular flexibility index (Phi) is 5.03. The molecule has 2 heterocycles. The number of aromatic nitrogens is 2. The molecule has 0 radical (unpaired) electrons. The van der Waals surface area contributed by atoms with E-state index in [0.29, 0.717) is 12.1 Å². The summed E-state index contributed by atoms with van der Waals surface area (Å²) in [4.78, 5) is 17.4. The zero-order chi connectivity index (χ0) is 15.0. The summed E-state index contributed by atoms with van der Waals surface area (Å²) in [5, 5.41) is 0. The van der Waals surface area contributed by atoms with Crippen molar-refractivity contribution < 1.29 is 0 Å². The van der Waals surface area contributed by atoms with E-state index in [9.17, 15) is 0 Å². The van der Waals surface area contributed by atoms with Crippen LogP contribution in [0.5, 0.6) is 0 Å². The molecule has 0 aromatic carbocycles. The minimum atomic E-state index is 0.431. The molecule has 0 atom stereocenters. The molecule has 3 rings (SSSR count). The fourth-order valence-corrected chi connectivity index (χ4v) is 2.64. The van der Waals surface area contributed by atoms with Gasteiger partial charge in [-0.05, 0) is 61.1 Å². The number of nitrogens with zero attached hydrogens (tertiary/aromatic N) is 4. The van der Waals surface area contributed by atoms with Gasteiger partial charge in [0.1, 0.15) is 0 Å². The van der Waals surface area contributed by atoms with Crippen molar-refractivity contribution in [1.82, 2.24) is 9.97 Å². The number of rotatable bonds is 4. The Morgan fingerprint density at radius 1 is 0.682 bits per heavy atom. The first-order valence-corrected chi connectivity index (χ1v) is 7.76. The maximum Gasteiger partial charge on any atom is 0.0501 e. The van der Waals surface area contributed by atoms with E-state index < -0.39 is 0 Å². The molecule has 22 heavy (non-hydrogen) atoms. The lowest BCUT2D eigenvalue weighted by molar-refractivity contribution is 0.399. The summed E-state index contributed by atoms with van der Waals surface area (Å²) in [6.07, 6.45) is 15.6. The van der Waals surface area contributed by atoms with Gasteiger partial charge >= 0.3 is 0 Å². The topological polar surface area (TPSA) is 50.5 Å². The van der Waals surface area contributed by atoms with Crippen molar-refractivity contribution in [2.75, 3.05) is 0 Å². The van der Waals surface area contributed by atoms with Crippen molar-refractivity contribution in [3.63, 3.8) is 0 Å². The molecular formula is C18H20N4. The molecule has 0 saturated heterocycles. The van der Waals surface area contributed by atoms with Gasteiger partial charge in [0.15, 0.2) is 0 Å². The lowest BCUT2D eigenvalue weighted by atomic mass is 9.92. The molecule has 112 valence electrons. The molecule has 2 aromatic heterocycles. The van der Waals surface area contributed by atoms with Gasteiger partial charge in [0.05, 0.1) is 12.1 Å². The van der Waals surface area contributed by atoms with Crippen LogP contribution in [0.25, 0.3) is 0 Å². The minimum Gasteiger partial charge on any atom is -0.289 e. The van der Waals surface area contributed by atoms with Gasteiger partial charge in [-0.3, -0.25) is 20.0 Å². The van der Waals surface area contributed by atoms with Crippen molar-refractivity contribution in [3.05, 3.63) is 60.2 Å². The summed E-state index contributed by atoms with van der Waals surface area (Å²) in [5.41, 5.74) is 2.24. The first-order valence-electron chi connectivity index (χ1n) is 7.76. The fourth-order valence-electron chi connectivity index (χ4n) is 2.64. The van der Waals surface area contributed by atoms with E-state index in [1.165, 1.54) is 0 Å². The molecule has 2 aromatic rings. The summed E-state index contributed by atoms with van der Waals surface area (Å²) in [6, 6.07) is 8.78. The Bertz CT molecular complexity index is 557. The molecule has 1 saturated carbocycles. The second-order valence-electron chi connectivity index (χ2n) is 5.58. The van der Waals surface area contributed by atoms with Crippen molar-refractivity contribution in [3.8, 4) is 0 Å². The zero-order valence-corrected chi connectivity index (χ0v) is 12.5. The number of aliphatic imine (C=N–C) groups is 2. The van der Waals surface area contributed by atoms with Crippen LogP contribution in [0.3, 0.4) is 0 Å². The fraction of sp³-hybridized carbons (Fsp3) is 0.333. The highest BCUT2D eigenvalue weighted by molar-refractivity contribution is 5.79. The predicted octanol–water partition coefficient (Wildman–Crippen LogP) is 3.33. The molecule has 0 spiro atoms.